The van der Waals surface area contributed by atoms with Gasteiger partial charge < -0.3 is 10.4 Å². The van der Waals surface area contributed by atoms with Crippen molar-refractivity contribution in [2.75, 3.05) is 22.9 Å². The van der Waals surface area contributed by atoms with Gasteiger partial charge in [-0.1, -0.05) is 11.8 Å². The molecule has 0 radical (unpaired) electrons. The maximum atomic E-state index is 13.7. The fourth-order valence-corrected chi connectivity index (χ4v) is 3.31. The van der Waals surface area contributed by atoms with Crippen LogP contribution in [0, 0.1) is 17.5 Å². The van der Waals surface area contributed by atoms with E-state index < -0.39 is 27.5 Å². The molecule has 7 nitrogen and oxygen atoms in total. The van der Waals surface area contributed by atoms with E-state index in [1.54, 1.807) is 6.92 Å². The number of hydrogen-bond acceptors (Lipinski definition) is 7. The Morgan fingerprint density at radius 3 is 2.30 bits per heavy atom. The van der Waals surface area contributed by atoms with Crippen LogP contribution >= 0.6 is 11.8 Å². The van der Waals surface area contributed by atoms with Crippen LogP contribution < -0.4 is 10.0 Å². The summed E-state index contributed by atoms with van der Waals surface area (Å²) in [6.45, 7) is 1.47. The molecule has 1 atom stereocenters. The van der Waals surface area contributed by atoms with Crippen LogP contribution in [0.1, 0.15) is 12.5 Å². The molecule has 0 amide bonds. The molecule has 1 heterocycles. The van der Waals surface area contributed by atoms with Gasteiger partial charge >= 0.3 is 0 Å². The number of rotatable bonds is 8. The summed E-state index contributed by atoms with van der Waals surface area (Å²) in [6.07, 6.45) is 0.939. The minimum absolute atomic E-state index is 0.0272. The van der Waals surface area contributed by atoms with Crippen LogP contribution in [0.4, 0.5) is 24.8 Å². The van der Waals surface area contributed by atoms with Gasteiger partial charge in [-0.05, 0) is 6.92 Å². The first-order valence-electron chi connectivity index (χ1n) is 7.58. The lowest BCUT2D eigenvalue weighted by Gasteiger charge is -2.14. The molecule has 2 aromatic rings. The largest absolute Gasteiger partial charge is 0.394 e. The van der Waals surface area contributed by atoms with E-state index in [1.165, 1.54) is 6.07 Å². The number of aliphatic hydroxyl groups is 1. The number of halogens is 3. The zero-order valence-corrected chi connectivity index (χ0v) is 16.0. The molecule has 1 aromatic heterocycles. The Morgan fingerprint density at radius 2 is 1.74 bits per heavy atom. The fourth-order valence-electron chi connectivity index (χ4n) is 1.95. The van der Waals surface area contributed by atoms with Gasteiger partial charge in [-0.2, -0.15) is 0 Å². The summed E-state index contributed by atoms with van der Waals surface area (Å²) < 4.78 is 65.5. The van der Waals surface area contributed by atoms with Crippen LogP contribution in [-0.2, 0) is 15.8 Å². The highest BCUT2D eigenvalue weighted by Gasteiger charge is 2.15. The lowest BCUT2D eigenvalue weighted by molar-refractivity contribution is 0.281. The van der Waals surface area contributed by atoms with Gasteiger partial charge in [-0.3, -0.25) is 4.72 Å². The Kier molecular flexibility index (Phi) is 6.89. The molecule has 1 aromatic carbocycles. The second kappa shape index (κ2) is 8.76. The molecule has 0 aliphatic rings. The van der Waals surface area contributed by atoms with Gasteiger partial charge in [0.1, 0.15) is 29.1 Å². The Labute approximate surface area is 158 Å². The number of anilines is 2. The maximum Gasteiger partial charge on any atom is 0.230 e. The van der Waals surface area contributed by atoms with Gasteiger partial charge in [-0.15, -0.1) is 0 Å². The summed E-state index contributed by atoms with van der Waals surface area (Å²) >= 11 is 0.835. The van der Waals surface area contributed by atoms with Crippen molar-refractivity contribution < 1.29 is 26.7 Å². The monoisotopic (exact) mass is 422 g/mol. The number of nitrogens with zero attached hydrogens (tertiary/aromatic N) is 2. The summed E-state index contributed by atoms with van der Waals surface area (Å²) in [4.78, 5) is 8.10. The third-order valence-electron chi connectivity index (χ3n) is 3.12. The van der Waals surface area contributed by atoms with Gasteiger partial charge in [0.05, 0.1) is 12.9 Å². The van der Waals surface area contributed by atoms with Crippen LogP contribution in [0.3, 0.4) is 0 Å². The van der Waals surface area contributed by atoms with Gasteiger partial charge in [0.2, 0.25) is 10.0 Å². The Morgan fingerprint density at radius 1 is 1.15 bits per heavy atom. The van der Waals surface area contributed by atoms with Crippen molar-refractivity contribution in [1.29, 1.82) is 0 Å². The van der Waals surface area contributed by atoms with Crippen molar-refractivity contribution in [3.05, 3.63) is 41.2 Å². The third-order valence-corrected chi connectivity index (χ3v) is 4.57. The number of sulfonamides is 1. The molecule has 0 fully saturated rings. The third kappa shape index (κ3) is 6.56. The van der Waals surface area contributed by atoms with Gasteiger partial charge in [0, 0.05) is 35.6 Å². The summed E-state index contributed by atoms with van der Waals surface area (Å²) in [5.41, 5.74) is -0.357. The number of benzene rings is 1. The van der Waals surface area contributed by atoms with Gasteiger partial charge in [0.25, 0.3) is 0 Å². The number of aromatic nitrogens is 2. The van der Waals surface area contributed by atoms with Crippen molar-refractivity contribution in [3.63, 3.8) is 0 Å². The van der Waals surface area contributed by atoms with Crippen molar-refractivity contribution in [3.8, 4) is 0 Å². The zero-order valence-electron chi connectivity index (χ0n) is 14.3. The fraction of sp³-hybridized carbons (Fsp3) is 0.333. The highest BCUT2D eigenvalue weighted by molar-refractivity contribution is 7.98. The molecule has 27 heavy (non-hydrogen) atoms. The van der Waals surface area contributed by atoms with Crippen LogP contribution in [0.2, 0.25) is 0 Å². The highest BCUT2D eigenvalue weighted by Crippen LogP contribution is 2.26. The van der Waals surface area contributed by atoms with Crippen LogP contribution in [0.25, 0.3) is 0 Å². The molecular weight excluding hydrogens is 405 g/mol. The summed E-state index contributed by atoms with van der Waals surface area (Å²) in [6, 6.07) is 2.07. The lowest BCUT2D eigenvalue weighted by Crippen LogP contribution is -2.21. The van der Waals surface area contributed by atoms with Gasteiger partial charge in [-0.25, -0.2) is 31.6 Å². The molecule has 148 valence electrons. The molecule has 2 rings (SSSR count). The molecule has 0 spiro atoms. The van der Waals surface area contributed by atoms with E-state index in [0.29, 0.717) is 12.1 Å². The van der Waals surface area contributed by atoms with E-state index in [2.05, 4.69) is 20.0 Å². The summed E-state index contributed by atoms with van der Waals surface area (Å²) in [5, 5.41) is 12.0. The van der Waals surface area contributed by atoms with Crippen LogP contribution in [-0.4, -0.2) is 42.4 Å². The van der Waals surface area contributed by atoms with E-state index in [4.69, 9.17) is 5.11 Å². The number of hydrogen-bond donors (Lipinski definition) is 3. The first kappa shape index (κ1) is 21.3. The van der Waals surface area contributed by atoms with Crippen LogP contribution in [0.5, 0.6) is 0 Å². The zero-order chi connectivity index (χ0) is 20.2. The molecule has 3 N–H and O–H groups in total. The smallest absolute Gasteiger partial charge is 0.230 e. The van der Waals surface area contributed by atoms with E-state index in [1.807, 2.05) is 0 Å². The number of thioether (sulfide) groups is 1. The standard InChI is InChI=1S/C15H17F3N4O3S2/c1-8(6-23)19-13-5-14(22-27(2,24)25)21-15(20-13)26-7-10-11(17)3-9(16)4-12(10)18/h3-5,8,23H,6-7H2,1-2H3,(H2,19,20,21,22)/t8-/m1/s1. The maximum absolute atomic E-state index is 13.7. The number of aliphatic hydroxyl groups excluding tert-OH is 1. The minimum atomic E-state index is -3.62. The Hall–Kier alpha value is -2.05. The molecule has 12 heteroatoms. The lowest BCUT2D eigenvalue weighted by atomic mass is 10.2. The molecule has 0 saturated heterocycles. The predicted octanol–water partition coefficient (Wildman–Crippen LogP) is 2.35. The first-order chi connectivity index (χ1) is 12.6. The molecule has 0 aliphatic heterocycles. The Balaban J connectivity index is 2.29. The second-order valence-corrected chi connectivity index (χ2v) is 8.35. The first-order valence-corrected chi connectivity index (χ1v) is 10.5. The summed E-state index contributed by atoms with van der Waals surface area (Å²) in [7, 11) is -3.62. The second-order valence-electron chi connectivity index (χ2n) is 5.66. The van der Waals surface area contributed by atoms with Gasteiger partial charge in [0.15, 0.2) is 5.16 Å². The minimum Gasteiger partial charge on any atom is -0.394 e. The Bertz CT molecular complexity index is 906. The van der Waals surface area contributed by atoms with Crippen molar-refractivity contribution >= 4 is 33.4 Å². The normalized spacial score (nSPS) is 12.7. The van der Waals surface area contributed by atoms with Crippen LogP contribution in [0.15, 0.2) is 23.4 Å². The van der Waals surface area contributed by atoms with Crippen molar-refractivity contribution in [1.82, 2.24) is 9.97 Å². The molecular formula is C15H17F3N4O3S2. The average Bonchev–Trinajstić information content (AvgIpc) is 2.51. The molecule has 0 saturated carbocycles. The predicted molar refractivity (Wildman–Crippen MR) is 96.5 cm³/mol. The topological polar surface area (TPSA) is 104 Å². The molecule has 0 bridgehead atoms. The van der Waals surface area contributed by atoms with E-state index in [9.17, 15) is 21.6 Å². The summed E-state index contributed by atoms with van der Waals surface area (Å²) in [5.74, 6) is -3.20. The molecule has 0 unspecified atom stereocenters. The van der Waals surface area contributed by atoms with E-state index in [0.717, 1.165) is 18.0 Å². The SMILES string of the molecule is C[C@H](CO)Nc1cc(NS(C)(=O)=O)nc(SCc2c(F)cc(F)cc2F)n1. The highest BCUT2D eigenvalue weighted by atomic mass is 32.2. The van der Waals surface area contributed by atoms with E-state index in [-0.39, 0.29) is 40.8 Å². The quantitative estimate of drug-likeness (QED) is 0.443. The average molecular weight is 422 g/mol. The van der Waals surface area contributed by atoms with Crippen molar-refractivity contribution in [2.24, 2.45) is 0 Å². The van der Waals surface area contributed by atoms with Crippen molar-refractivity contribution in [2.45, 2.75) is 23.9 Å². The van der Waals surface area contributed by atoms with E-state index >= 15 is 0 Å². The molecule has 0 aliphatic carbocycles. The number of nitrogens with one attached hydrogen (secondary N) is 2.